The lowest BCUT2D eigenvalue weighted by molar-refractivity contribution is 0.267. The van der Waals surface area contributed by atoms with E-state index in [4.69, 9.17) is 4.74 Å². The topological polar surface area (TPSA) is 29.5 Å². The Balaban J connectivity index is 2.64. The molecule has 0 fully saturated rings. The number of aromatic hydroxyl groups is 1. The van der Waals surface area contributed by atoms with E-state index in [0.717, 1.165) is 41.9 Å². The normalized spacial score (nSPS) is 11.7. The van der Waals surface area contributed by atoms with Gasteiger partial charge in [-0.1, -0.05) is 20.8 Å². The largest absolute Gasteiger partial charge is 0.507 e. The number of rotatable bonds is 4. The van der Waals surface area contributed by atoms with Crippen molar-refractivity contribution in [3.05, 3.63) is 22.8 Å². The minimum absolute atomic E-state index is 0.360. The molecule has 0 unspecified atom stereocenters. The summed E-state index contributed by atoms with van der Waals surface area (Å²) < 4.78 is 5.84. The highest BCUT2D eigenvalue weighted by molar-refractivity contribution is 5.51. The number of benzene rings is 1. The second-order valence-electron chi connectivity index (χ2n) is 6.30. The predicted octanol–water partition coefficient (Wildman–Crippen LogP) is 4.52. The van der Waals surface area contributed by atoms with Crippen LogP contribution in [0.15, 0.2) is 6.07 Å². The lowest BCUT2D eigenvalue weighted by atomic mass is 9.91. The van der Waals surface area contributed by atoms with E-state index in [0.29, 0.717) is 11.2 Å². The van der Waals surface area contributed by atoms with Gasteiger partial charge in [-0.15, -0.1) is 0 Å². The van der Waals surface area contributed by atoms with Crippen molar-refractivity contribution >= 4 is 0 Å². The van der Waals surface area contributed by atoms with E-state index in [-0.39, 0.29) is 0 Å². The SMILES string of the molecule is Cc1cc(OCCCC(C)(C)C)c(C)c(C)c1O. The summed E-state index contributed by atoms with van der Waals surface area (Å²) in [6, 6.07) is 1.93. The molecule has 2 heteroatoms. The summed E-state index contributed by atoms with van der Waals surface area (Å²) in [6.07, 6.45) is 2.21. The molecule has 0 amide bonds. The Kier molecular flexibility index (Phi) is 4.66. The first kappa shape index (κ1) is 14.9. The maximum Gasteiger partial charge on any atom is 0.122 e. The molecule has 0 saturated carbocycles. The van der Waals surface area contributed by atoms with Gasteiger partial charge in [0.2, 0.25) is 0 Å². The van der Waals surface area contributed by atoms with Crippen molar-refractivity contribution in [3.8, 4) is 11.5 Å². The van der Waals surface area contributed by atoms with Crippen LogP contribution in [0, 0.1) is 26.2 Å². The molecule has 0 aliphatic rings. The molecular weight excluding hydrogens is 224 g/mol. The number of phenolic OH excluding ortho intramolecular Hbond substituents is 1. The quantitative estimate of drug-likeness (QED) is 0.796. The highest BCUT2D eigenvalue weighted by Gasteiger charge is 2.12. The Morgan fingerprint density at radius 2 is 1.72 bits per heavy atom. The minimum atomic E-state index is 0.360. The van der Waals surface area contributed by atoms with E-state index >= 15 is 0 Å². The third kappa shape index (κ3) is 3.94. The van der Waals surface area contributed by atoms with Crippen LogP contribution in [-0.2, 0) is 0 Å². The van der Waals surface area contributed by atoms with Gasteiger partial charge in [0, 0.05) is 0 Å². The molecular formula is C16H26O2. The zero-order valence-electron chi connectivity index (χ0n) is 12.6. The molecule has 2 nitrogen and oxygen atoms in total. The van der Waals surface area contributed by atoms with Gasteiger partial charge >= 0.3 is 0 Å². The third-order valence-corrected chi connectivity index (χ3v) is 3.34. The molecule has 0 aromatic heterocycles. The van der Waals surface area contributed by atoms with Crippen molar-refractivity contribution in [2.24, 2.45) is 5.41 Å². The average molecular weight is 250 g/mol. The number of phenols is 1. The fourth-order valence-corrected chi connectivity index (χ4v) is 1.97. The molecule has 0 heterocycles. The summed E-state index contributed by atoms with van der Waals surface area (Å²) >= 11 is 0. The van der Waals surface area contributed by atoms with Crippen LogP contribution in [0.5, 0.6) is 11.5 Å². The Morgan fingerprint density at radius 1 is 1.11 bits per heavy atom. The summed E-state index contributed by atoms with van der Waals surface area (Å²) in [5.41, 5.74) is 3.19. The van der Waals surface area contributed by atoms with Gasteiger partial charge in [0.05, 0.1) is 6.61 Å². The van der Waals surface area contributed by atoms with Gasteiger partial charge < -0.3 is 9.84 Å². The van der Waals surface area contributed by atoms with E-state index in [1.165, 1.54) is 0 Å². The van der Waals surface area contributed by atoms with Crippen LogP contribution < -0.4 is 4.74 Å². The number of aryl methyl sites for hydroxylation is 1. The van der Waals surface area contributed by atoms with Gasteiger partial charge in [0.1, 0.15) is 11.5 Å². The first-order valence-corrected chi connectivity index (χ1v) is 6.65. The smallest absolute Gasteiger partial charge is 0.122 e. The second-order valence-corrected chi connectivity index (χ2v) is 6.30. The van der Waals surface area contributed by atoms with E-state index in [1.54, 1.807) is 0 Å². The van der Waals surface area contributed by atoms with Crippen LogP contribution in [0.1, 0.15) is 50.3 Å². The molecule has 0 radical (unpaired) electrons. The number of ether oxygens (including phenoxy) is 1. The molecule has 0 spiro atoms. The minimum Gasteiger partial charge on any atom is -0.507 e. The first-order chi connectivity index (χ1) is 8.22. The zero-order chi connectivity index (χ0) is 13.9. The first-order valence-electron chi connectivity index (χ1n) is 6.65. The summed E-state index contributed by atoms with van der Waals surface area (Å²) in [7, 11) is 0. The molecule has 0 atom stereocenters. The van der Waals surface area contributed by atoms with Crippen molar-refractivity contribution in [2.75, 3.05) is 6.61 Å². The van der Waals surface area contributed by atoms with Crippen LogP contribution in [0.4, 0.5) is 0 Å². The van der Waals surface area contributed by atoms with Gasteiger partial charge in [-0.2, -0.15) is 0 Å². The van der Waals surface area contributed by atoms with Crippen molar-refractivity contribution in [1.29, 1.82) is 0 Å². The Labute approximate surface area is 111 Å². The Hall–Kier alpha value is -1.18. The maximum atomic E-state index is 9.83. The molecule has 0 saturated heterocycles. The fraction of sp³-hybridized carbons (Fsp3) is 0.625. The molecule has 0 aliphatic carbocycles. The molecule has 102 valence electrons. The van der Waals surface area contributed by atoms with Crippen molar-refractivity contribution in [3.63, 3.8) is 0 Å². The van der Waals surface area contributed by atoms with Gasteiger partial charge in [0.15, 0.2) is 0 Å². The third-order valence-electron chi connectivity index (χ3n) is 3.34. The summed E-state index contributed by atoms with van der Waals surface area (Å²) in [5, 5.41) is 9.83. The molecule has 1 rings (SSSR count). The van der Waals surface area contributed by atoms with Crippen molar-refractivity contribution in [1.82, 2.24) is 0 Å². The zero-order valence-corrected chi connectivity index (χ0v) is 12.6. The molecule has 1 aromatic carbocycles. The molecule has 1 aromatic rings. The van der Waals surface area contributed by atoms with Gasteiger partial charge in [-0.3, -0.25) is 0 Å². The molecule has 1 N–H and O–H groups in total. The van der Waals surface area contributed by atoms with Crippen molar-refractivity contribution in [2.45, 2.75) is 54.4 Å². The second kappa shape index (κ2) is 5.64. The average Bonchev–Trinajstić information content (AvgIpc) is 2.26. The summed E-state index contributed by atoms with van der Waals surface area (Å²) in [6.45, 7) is 13.3. The van der Waals surface area contributed by atoms with Crippen LogP contribution >= 0.6 is 0 Å². The maximum absolute atomic E-state index is 9.83. The Morgan fingerprint density at radius 3 is 2.28 bits per heavy atom. The number of hydrogen-bond acceptors (Lipinski definition) is 2. The standard InChI is InChI=1S/C16H26O2/c1-11-10-14(12(2)13(3)15(11)17)18-9-7-8-16(4,5)6/h10,17H,7-9H2,1-6H3. The predicted molar refractivity (Wildman–Crippen MR) is 76.5 cm³/mol. The Bertz CT molecular complexity index is 414. The molecule has 0 bridgehead atoms. The monoisotopic (exact) mass is 250 g/mol. The van der Waals surface area contributed by atoms with E-state index in [2.05, 4.69) is 20.8 Å². The van der Waals surface area contributed by atoms with Gasteiger partial charge in [-0.25, -0.2) is 0 Å². The van der Waals surface area contributed by atoms with Crippen LogP contribution in [0.25, 0.3) is 0 Å². The fourth-order valence-electron chi connectivity index (χ4n) is 1.97. The van der Waals surface area contributed by atoms with Gasteiger partial charge in [0.25, 0.3) is 0 Å². The lowest BCUT2D eigenvalue weighted by Crippen LogP contribution is -2.08. The van der Waals surface area contributed by atoms with Crippen molar-refractivity contribution < 1.29 is 9.84 Å². The summed E-state index contributed by atoms with van der Waals surface area (Å²) in [4.78, 5) is 0. The van der Waals surface area contributed by atoms with Crippen LogP contribution in [0.3, 0.4) is 0 Å². The van der Waals surface area contributed by atoms with Crippen LogP contribution in [0.2, 0.25) is 0 Å². The lowest BCUT2D eigenvalue weighted by Gasteiger charge is -2.19. The van der Waals surface area contributed by atoms with E-state index in [1.807, 2.05) is 26.8 Å². The molecule has 0 aliphatic heterocycles. The van der Waals surface area contributed by atoms with E-state index in [9.17, 15) is 5.11 Å². The number of hydrogen-bond donors (Lipinski definition) is 1. The summed E-state index contributed by atoms with van der Waals surface area (Å²) in [5.74, 6) is 1.28. The van der Waals surface area contributed by atoms with Gasteiger partial charge in [-0.05, 0) is 61.8 Å². The molecule has 18 heavy (non-hydrogen) atoms. The highest BCUT2D eigenvalue weighted by Crippen LogP contribution is 2.32. The van der Waals surface area contributed by atoms with Crippen LogP contribution in [-0.4, -0.2) is 11.7 Å². The highest BCUT2D eigenvalue weighted by atomic mass is 16.5. The van der Waals surface area contributed by atoms with E-state index < -0.39 is 0 Å².